The smallest absolute Gasteiger partial charge is 0.253 e. The first-order chi connectivity index (χ1) is 15.1. The Labute approximate surface area is 188 Å². The van der Waals surface area contributed by atoms with Crippen molar-refractivity contribution in [2.45, 2.75) is 29.7 Å². The molecule has 0 saturated carbocycles. The number of rotatable bonds is 5. The summed E-state index contributed by atoms with van der Waals surface area (Å²) in [5.74, 6) is 2.10. The van der Waals surface area contributed by atoms with Gasteiger partial charge in [-0.2, -0.15) is 4.98 Å². The molecule has 156 valence electrons. The Morgan fingerprint density at radius 1 is 1.16 bits per heavy atom. The number of para-hydroxylation sites is 1. The molecule has 31 heavy (non-hydrogen) atoms. The van der Waals surface area contributed by atoms with E-state index >= 15 is 0 Å². The highest BCUT2D eigenvalue weighted by Crippen LogP contribution is 2.36. The fraction of sp³-hybridized carbons (Fsp3) is 0.217. The van der Waals surface area contributed by atoms with Crippen LogP contribution in [-0.2, 0) is 12.2 Å². The molecule has 0 spiro atoms. The van der Waals surface area contributed by atoms with E-state index in [9.17, 15) is 4.79 Å². The summed E-state index contributed by atoms with van der Waals surface area (Å²) in [6, 6.07) is 15.6. The van der Waals surface area contributed by atoms with Crippen molar-refractivity contribution < 1.29 is 9.53 Å². The minimum absolute atomic E-state index is 0.0331. The Kier molecular flexibility index (Phi) is 5.38. The Balaban J connectivity index is 1.42. The minimum Gasteiger partial charge on any atom is -0.496 e. The highest BCUT2D eigenvalue weighted by atomic mass is 35.5. The number of ketones is 1. The number of aromatic nitrogens is 4. The summed E-state index contributed by atoms with van der Waals surface area (Å²) in [4.78, 5) is 22.1. The number of ether oxygens (including phenoxy) is 1. The van der Waals surface area contributed by atoms with Gasteiger partial charge in [-0.25, -0.2) is 9.50 Å². The topological polar surface area (TPSA) is 69.4 Å². The van der Waals surface area contributed by atoms with Crippen molar-refractivity contribution in [3.63, 3.8) is 0 Å². The van der Waals surface area contributed by atoms with E-state index in [-0.39, 0.29) is 11.7 Å². The van der Waals surface area contributed by atoms with Crippen molar-refractivity contribution in [2.75, 3.05) is 7.11 Å². The first-order valence-electron chi connectivity index (χ1n) is 9.90. The highest BCUT2D eigenvalue weighted by molar-refractivity contribution is 7.98. The van der Waals surface area contributed by atoms with Gasteiger partial charge in [-0.3, -0.25) is 4.79 Å². The maximum Gasteiger partial charge on any atom is 0.253 e. The zero-order valence-corrected chi connectivity index (χ0v) is 18.4. The molecule has 1 aliphatic carbocycles. The molecule has 2 heterocycles. The number of methoxy groups -OCH3 is 1. The second kappa shape index (κ2) is 8.32. The summed E-state index contributed by atoms with van der Waals surface area (Å²) < 4.78 is 7.09. The van der Waals surface area contributed by atoms with Gasteiger partial charge in [-0.05, 0) is 35.7 Å². The molecular weight excluding hydrogens is 432 g/mol. The molecule has 0 bridgehead atoms. The lowest BCUT2D eigenvalue weighted by Gasteiger charge is -2.24. The lowest BCUT2D eigenvalue weighted by atomic mass is 9.82. The number of carbonyl (C=O) groups excluding carboxylic acids is 1. The first kappa shape index (κ1) is 20.0. The van der Waals surface area contributed by atoms with Gasteiger partial charge >= 0.3 is 0 Å². The van der Waals surface area contributed by atoms with Crippen molar-refractivity contribution in [3.05, 3.63) is 82.1 Å². The summed E-state index contributed by atoms with van der Waals surface area (Å²) in [6.45, 7) is 0. The minimum atomic E-state index is 0.0331. The normalized spacial score (nSPS) is 15.8. The molecule has 5 rings (SSSR count). The first-order valence-corrected chi connectivity index (χ1v) is 11.3. The monoisotopic (exact) mass is 450 g/mol. The van der Waals surface area contributed by atoms with Crippen LogP contribution in [0.3, 0.4) is 0 Å². The van der Waals surface area contributed by atoms with Gasteiger partial charge in [-0.1, -0.05) is 53.7 Å². The molecule has 0 amide bonds. The molecule has 2 aromatic carbocycles. The summed E-state index contributed by atoms with van der Waals surface area (Å²) in [6.07, 6.45) is 2.84. The average molecular weight is 451 g/mol. The second-order valence-electron chi connectivity index (χ2n) is 7.43. The lowest BCUT2D eigenvalue weighted by molar-refractivity contribution is 0.0962. The van der Waals surface area contributed by atoms with Crippen molar-refractivity contribution in [1.82, 2.24) is 19.6 Å². The second-order valence-corrected chi connectivity index (χ2v) is 8.81. The molecule has 4 aromatic rings. The number of thioether (sulfide) groups is 1. The van der Waals surface area contributed by atoms with Crippen molar-refractivity contribution in [2.24, 2.45) is 0 Å². The summed E-state index contributed by atoms with van der Waals surface area (Å²) >= 11 is 7.57. The van der Waals surface area contributed by atoms with E-state index in [1.807, 2.05) is 48.5 Å². The predicted molar refractivity (Wildman–Crippen MR) is 120 cm³/mol. The fourth-order valence-electron chi connectivity index (χ4n) is 3.92. The Bertz CT molecular complexity index is 1290. The van der Waals surface area contributed by atoms with Crippen molar-refractivity contribution in [3.8, 4) is 5.75 Å². The Morgan fingerprint density at radius 3 is 2.87 bits per heavy atom. The van der Waals surface area contributed by atoms with Crippen LogP contribution in [0.2, 0.25) is 5.02 Å². The van der Waals surface area contributed by atoms with Gasteiger partial charge in [0.1, 0.15) is 5.75 Å². The van der Waals surface area contributed by atoms with Crippen LogP contribution in [0.1, 0.15) is 39.5 Å². The zero-order chi connectivity index (χ0) is 21.4. The molecule has 2 aromatic heterocycles. The van der Waals surface area contributed by atoms with Crippen molar-refractivity contribution in [1.29, 1.82) is 0 Å². The van der Waals surface area contributed by atoms with E-state index in [0.29, 0.717) is 40.1 Å². The van der Waals surface area contributed by atoms with Crippen LogP contribution in [0.25, 0.3) is 5.78 Å². The third kappa shape index (κ3) is 4.03. The number of nitrogens with zero attached hydrogens (tertiary/aromatic N) is 4. The van der Waals surface area contributed by atoms with Crippen LogP contribution in [-0.4, -0.2) is 32.5 Å². The van der Waals surface area contributed by atoms with Gasteiger partial charge in [0.05, 0.1) is 18.4 Å². The maximum absolute atomic E-state index is 12.9. The summed E-state index contributed by atoms with van der Waals surface area (Å²) in [7, 11) is 1.65. The molecule has 0 saturated heterocycles. The summed E-state index contributed by atoms with van der Waals surface area (Å²) in [5.41, 5.74) is 3.51. The largest absolute Gasteiger partial charge is 0.496 e. The molecule has 6 nitrogen and oxygen atoms in total. The molecular formula is C23H19ClN4O2S. The fourth-order valence-corrected chi connectivity index (χ4v) is 4.90. The van der Waals surface area contributed by atoms with E-state index in [0.717, 1.165) is 22.6 Å². The van der Waals surface area contributed by atoms with E-state index in [2.05, 4.69) is 15.1 Å². The quantitative estimate of drug-likeness (QED) is 0.399. The zero-order valence-electron chi connectivity index (χ0n) is 16.8. The predicted octanol–water partition coefficient (Wildman–Crippen LogP) is 4.99. The van der Waals surface area contributed by atoms with E-state index in [4.69, 9.17) is 16.3 Å². The van der Waals surface area contributed by atoms with Crippen LogP contribution in [0, 0.1) is 0 Å². The van der Waals surface area contributed by atoms with Gasteiger partial charge in [-0.15, -0.1) is 5.10 Å². The van der Waals surface area contributed by atoms with Crippen LogP contribution in [0.15, 0.2) is 59.9 Å². The number of fused-ring (bicyclic) bond motifs is 2. The van der Waals surface area contributed by atoms with E-state index in [1.165, 1.54) is 11.8 Å². The molecule has 1 atom stereocenters. The molecule has 0 N–H and O–H groups in total. The van der Waals surface area contributed by atoms with Crippen LogP contribution in [0.4, 0.5) is 0 Å². The summed E-state index contributed by atoms with van der Waals surface area (Å²) in [5, 5.41) is 5.82. The van der Waals surface area contributed by atoms with Crippen LogP contribution < -0.4 is 4.74 Å². The standard InChI is InChI=1S/C23H19ClN4O2S/c1-30-21-8-3-2-7-17(21)15-10-19-18(20(29)11-15)12-28-22(25-19)26-23(27-28)31-13-14-5-4-6-16(24)9-14/h2-9,12,15H,10-11,13H2,1H3/t15-/m0/s1. The maximum atomic E-state index is 12.9. The molecule has 8 heteroatoms. The van der Waals surface area contributed by atoms with E-state index in [1.54, 1.807) is 17.8 Å². The SMILES string of the molecule is COc1ccccc1[C@@H]1CC(=O)c2cn3nc(SCc4cccc(Cl)c4)nc3nc2C1. The average Bonchev–Trinajstić information content (AvgIpc) is 3.18. The van der Waals surface area contributed by atoms with Crippen LogP contribution in [0.5, 0.6) is 5.75 Å². The van der Waals surface area contributed by atoms with Crippen LogP contribution >= 0.6 is 23.4 Å². The lowest BCUT2D eigenvalue weighted by Crippen LogP contribution is -2.21. The number of hydrogen-bond acceptors (Lipinski definition) is 6. The highest BCUT2D eigenvalue weighted by Gasteiger charge is 2.30. The Hall–Kier alpha value is -2.90. The van der Waals surface area contributed by atoms with Gasteiger partial charge in [0.2, 0.25) is 5.16 Å². The Morgan fingerprint density at radius 2 is 2.03 bits per heavy atom. The number of hydrogen-bond donors (Lipinski definition) is 0. The van der Waals surface area contributed by atoms with Gasteiger partial charge in [0.25, 0.3) is 5.78 Å². The van der Waals surface area contributed by atoms with Gasteiger partial charge in [0.15, 0.2) is 5.78 Å². The third-order valence-corrected chi connectivity index (χ3v) is 6.54. The van der Waals surface area contributed by atoms with Gasteiger partial charge in [0, 0.05) is 29.3 Å². The number of Topliss-reactive ketones (excluding diaryl/α,β-unsaturated/α-hetero) is 1. The molecule has 0 aliphatic heterocycles. The molecule has 0 radical (unpaired) electrons. The number of carbonyl (C=O) groups is 1. The third-order valence-electron chi connectivity index (χ3n) is 5.40. The number of halogens is 1. The molecule has 0 fully saturated rings. The molecule has 0 unspecified atom stereocenters. The number of benzene rings is 2. The van der Waals surface area contributed by atoms with Crippen molar-refractivity contribution >= 4 is 34.9 Å². The molecule has 1 aliphatic rings. The van der Waals surface area contributed by atoms with Gasteiger partial charge < -0.3 is 4.74 Å². The van der Waals surface area contributed by atoms with E-state index < -0.39 is 0 Å².